The van der Waals surface area contributed by atoms with Crippen LogP contribution in [-0.4, -0.2) is 12.6 Å². The number of esters is 1. The van der Waals surface area contributed by atoms with E-state index in [4.69, 9.17) is 4.74 Å². The lowest BCUT2D eigenvalue weighted by Gasteiger charge is -2.16. The monoisotopic (exact) mass is 248 g/mol. The Labute approximate surface area is 110 Å². The molecule has 0 bridgehead atoms. The second kappa shape index (κ2) is 7.20. The molecule has 1 aromatic carbocycles. The fourth-order valence-corrected chi connectivity index (χ4v) is 2.13. The predicted molar refractivity (Wildman–Crippen MR) is 74.6 cm³/mol. The van der Waals surface area contributed by atoms with Crippen LogP contribution in [0.2, 0.25) is 0 Å². The summed E-state index contributed by atoms with van der Waals surface area (Å²) in [7, 11) is 0. The molecule has 2 heteroatoms. The molecule has 18 heavy (non-hydrogen) atoms. The molecule has 0 radical (unpaired) electrons. The maximum Gasteiger partial charge on any atom is 0.313 e. The van der Waals surface area contributed by atoms with Gasteiger partial charge in [0.2, 0.25) is 0 Å². The zero-order valence-corrected chi connectivity index (χ0v) is 11.9. The van der Waals surface area contributed by atoms with E-state index in [-0.39, 0.29) is 11.9 Å². The molecule has 2 atom stereocenters. The quantitative estimate of drug-likeness (QED) is 0.709. The van der Waals surface area contributed by atoms with E-state index in [1.54, 1.807) is 0 Å². The van der Waals surface area contributed by atoms with Crippen LogP contribution in [0.4, 0.5) is 0 Å². The lowest BCUT2D eigenvalue weighted by Crippen LogP contribution is -2.17. The molecule has 2 nitrogen and oxygen atoms in total. The number of benzene rings is 1. The summed E-state index contributed by atoms with van der Waals surface area (Å²) in [5, 5.41) is 0. The van der Waals surface area contributed by atoms with Gasteiger partial charge in [0.15, 0.2) is 0 Å². The summed E-state index contributed by atoms with van der Waals surface area (Å²) in [5.74, 6) is 0.148. The highest BCUT2D eigenvalue weighted by Crippen LogP contribution is 2.21. The van der Waals surface area contributed by atoms with Crippen molar-refractivity contribution >= 4 is 5.97 Å². The Morgan fingerprint density at radius 1 is 1.28 bits per heavy atom. The van der Waals surface area contributed by atoms with Crippen LogP contribution in [0.25, 0.3) is 0 Å². The zero-order chi connectivity index (χ0) is 13.5. The Morgan fingerprint density at radius 2 is 1.94 bits per heavy atom. The predicted octanol–water partition coefficient (Wildman–Crippen LogP) is 4.08. The van der Waals surface area contributed by atoms with Crippen molar-refractivity contribution in [2.24, 2.45) is 5.92 Å². The molecule has 1 rings (SSSR count). The fraction of sp³-hybridized carbons (Fsp3) is 0.562. The summed E-state index contributed by atoms with van der Waals surface area (Å²) in [5.41, 5.74) is 2.20. The van der Waals surface area contributed by atoms with Crippen molar-refractivity contribution in [3.05, 3.63) is 35.4 Å². The van der Waals surface area contributed by atoms with E-state index in [9.17, 15) is 4.79 Å². The van der Waals surface area contributed by atoms with Crippen LogP contribution in [0.3, 0.4) is 0 Å². The van der Waals surface area contributed by atoms with Gasteiger partial charge in [-0.15, -0.1) is 0 Å². The summed E-state index contributed by atoms with van der Waals surface area (Å²) in [4.78, 5) is 12.0. The summed E-state index contributed by atoms with van der Waals surface area (Å²) in [6.45, 7) is 8.74. The molecule has 0 aromatic heterocycles. The SMILES string of the molecule is CCCC(C)COC(=O)C(C)c1ccccc1C. The van der Waals surface area contributed by atoms with E-state index < -0.39 is 0 Å². The Morgan fingerprint density at radius 3 is 2.56 bits per heavy atom. The summed E-state index contributed by atoms with van der Waals surface area (Å²) in [6, 6.07) is 7.97. The average Bonchev–Trinajstić information content (AvgIpc) is 2.36. The van der Waals surface area contributed by atoms with Crippen LogP contribution in [0.1, 0.15) is 50.7 Å². The van der Waals surface area contributed by atoms with Gasteiger partial charge in [-0.1, -0.05) is 44.5 Å². The minimum Gasteiger partial charge on any atom is -0.465 e. The molecule has 0 amide bonds. The third-order valence-electron chi connectivity index (χ3n) is 3.30. The van der Waals surface area contributed by atoms with E-state index in [1.807, 2.05) is 38.1 Å². The number of rotatable bonds is 6. The van der Waals surface area contributed by atoms with Gasteiger partial charge in [-0.2, -0.15) is 0 Å². The van der Waals surface area contributed by atoms with Crippen molar-refractivity contribution in [1.29, 1.82) is 0 Å². The summed E-state index contributed by atoms with van der Waals surface area (Å²) < 4.78 is 5.39. The Bertz CT molecular complexity index is 384. The van der Waals surface area contributed by atoms with E-state index in [0.717, 1.165) is 24.0 Å². The average molecular weight is 248 g/mol. The van der Waals surface area contributed by atoms with Crippen molar-refractivity contribution in [3.63, 3.8) is 0 Å². The number of hydrogen-bond donors (Lipinski definition) is 0. The van der Waals surface area contributed by atoms with Crippen LogP contribution in [0.5, 0.6) is 0 Å². The Kier molecular flexibility index (Phi) is 5.90. The molecule has 0 aliphatic rings. The lowest BCUT2D eigenvalue weighted by molar-refractivity contribution is -0.146. The number of carbonyl (C=O) groups is 1. The third-order valence-corrected chi connectivity index (χ3v) is 3.30. The molecule has 0 aliphatic heterocycles. The lowest BCUT2D eigenvalue weighted by atomic mass is 9.97. The molecule has 1 aromatic rings. The standard InChI is InChI=1S/C16H24O2/c1-5-8-12(2)11-18-16(17)14(4)15-10-7-6-9-13(15)3/h6-7,9-10,12,14H,5,8,11H2,1-4H3. The van der Waals surface area contributed by atoms with Gasteiger partial charge in [0, 0.05) is 0 Å². The van der Waals surface area contributed by atoms with Gasteiger partial charge in [0.1, 0.15) is 0 Å². The minimum absolute atomic E-state index is 0.118. The van der Waals surface area contributed by atoms with Gasteiger partial charge in [-0.25, -0.2) is 0 Å². The highest BCUT2D eigenvalue weighted by atomic mass is 16.5. The van der Waals surface area contributed by atoms with Crippen LogP contribution >= 0.6 is 0 Å². The minimum atomic E-state index is -0.181. The molecule has 0 saturated carbocycles. The molecular formula is C16H24O2. The topological polar surface area (TPSA) is 26.3 Å². The second-order valence-corrected chi connectivity index (χ2v) is 5.10. The Balaban J connectivity index is 2.54. The molecule has 100 valence electrons. The number of ether oxygens (including phenoxy) is 1. The molecule has 0 saturated heterocycles. The van der Waals surface area contributed by atoms with E-state index in [0.29, 0.717) is 12.5 Å². The smallest absolute Gasteiger partial charge is 0.313 e. The normalized spacial score (nSPS) is 14.0. The highest BCUT2D eigenvalue weighted by Gasteiger charge is 2.18. The zero-order valence-electron chi connectivity index (χ0n) is 11.9. The van der Waals surface area contributed by atoms with Crippen molar-refractivity contribution in [2.45, 2.75) is 46.5 Å². The summed E-state index contributed by atoms with van der Waals surface area (Å²) >= 11 is 0. The van der Waals surface area contributed by atoms with Gasteiger partial charge in [-0.3, -0.25) is 4.79 Å². The molecule has 2 unspecified atom stereocenters. The first-order chi connectivity index (χ1) is 8.56. The largest absolute Gasteiger partial charge is 0.465 e. The fourth-order valence-electron chi connectivity index (χ4n) is 2.13. The van der Waals surface area contributed by atoms with Crippen LogP contribution in [0.15, 0.2) is 24.3 Å². The van der Waals surface area contributed by atoms with Gasteiger partial charge in [0.05, 0.1) is 12.5 Å². The molecule has 0 fully saturated rings. The van der Waals surface area contributed by atoms with E-state index >= 15 is 0 Å². The first-order valence-electron chi connectivity index (χ1n) is 6.78. The third kappa shape index (κ3) is 4.17. The molecule has 0 N–H and O–H groups in total. The highest BCUT2D eigenvalue weighted by molar-refractivity contribution is 5.78. The number of aryl methyl sites for hydroxylation is 1. The van der Waals surface area contributed by atoms with Gasteiger partial charge < -0.3 is 4.74 Å². The van der Waals surface area contributed by atoms with Crippen LogP contribution in [-0.2, 0) is 9.53 Å². The van der Waals surface area contributed by atoms with Crippen molar-refractivity contribution in [3.8, 4) is 0 Å². The van der Waals surface area contributed by atoms with E-state index in [1.165, 1.54) is 0 Å². The van der Waals surface area contributed by atoms with Gasteiger partial charge in [0.25, 0.3) is 0 Å². The van der Waals surface area contributed by atoms with E-state index in [2.05, 4.69) is 13.8 Å². The first-order valence-corrected chi connectivity index (χ1v) is 6.78. The maximum absolute atomic E-state index is 12.0. The van der Waals surface area contributed by atoms with Crippen molar-refractivity contribution < 1.29 is 9.53 Å². The molecule has 0 heterocycles. The Hall–Kier alpha value is -1.31. The van der Waals surface area contributed by atoms with Gasteiger partial charge in [-0.05, 0) is 37.3 Å². The number of hydrogen-bond acceptors (Lipinski definition) is 2. The van der Waals surface area contributed by atoms with Crippen molar-refractivity contribution in [2.75, 3.05) is 6.61 Å². The van der Waals surface area contributed by atoms with Crippen LogP contribution in [0, 0.1) is 12.8 Å². The molecular weight excluding hydrogens is 224 g/mol. The molecule has 0 spiro atoms. The molecule has 0 aliphatic carbocycles. The first kappa shape index (κ1) is 14.7. The second-order valence-electron chi connectivity index (χ2n) is 5.10. The maximum atomic E-state index is 12.0. The van der Waals surface area contributed by atoms with Gasteiger partial charge >= 0.3 is 5.97 Å². The van der Waals surface area contributed by atoms with Crippen molar-refractivity contribution in [1.82, 2.24) is 0 Å². The van der Waals surface area contributed by atoms with Crippen LogP contribution < -0.4 is 0 Å². The summed E-state index contributed by atoms with van der Waals surface area (Å²) in [6.07, 6.45) is 2.23. The number of carbonyl (C=O) groups excluding carboxylic acids is 1.